The molecule has 2 aromatic heterocycles. The van der Waals surface area contributed by atoms with E-state index in [1.165, 1.54) is 0 Å². The van der Waals surface area contributed by atoms with Gasteiger partial charge in [-0.15, -0.1) is 5.10 Å². The molecule has 4 rings (SSSR count). The summed E-state index contributed by atoms with van der Waals surface area (Å²) < 4.78 is 6.78. The number of likely N-dealkylation sites (tertiary alicyclic amines) is 1. The summed E-state index contributed by atoms with van der Waals surface area (Å²) in [6.07, 6.45) is 3.71. The molecule has 0 spiro atoms. The van der Waals surface area contributed by atoms with Crippen molar-refractivity contribution in [3.05, 3.63) is 54.6 Å². The lowest BCUT2D eigenvalue weighted by molar-refractivity contribution is 0.0259. The highest BCUT2D eigenvalue weighted by atomic mass is 16.5. The number of β-amino-alcohol motifs (C(OH)–C–C–N with tert-alkyl or cyclic N) is 1. The van der Waals surface area contributed by atoms with Crippen molar-refractivity contribution in [1.82, 2.24) is 25.1 Å². The van der Waals surface area contributed by atoms with Gasteiger partial charge in [-0.25, -0.2) is 4.68 Å². The van der Waals surface area contributed by atoms with Crippen LogP contribution in [0.4, 0.5) is 0 Å². The highest BCUT2D eigenvalue weighted by Gasteiger charge is 2.40. The van der Waals surface area contributed by atoms with Crippen LogP contribution in [0.2, 0.25) is 0 Å². The summed E-state index contributed by atoms with van der Waals surface area (Å²) in [5, 5.41) is 22.2. The molecule has 1 aliphatic heterocycles. The molecule has 0 aliphatic carbocycles. The predicted molar refractivity (Wildman–Crippen MR) is 87.4 cm³/mol. The van der Waals surface area contributed by atoms with Crippen LogP contribution in [0.15, 0.2) is 53.3 Å². The highest BCUT2D eigenvalue weighted by Crippen LogP contribution is 2.26. The van der Waals surface area contributed by atoms with E-state index in [0.29, 0.717) is 25.2 Å². The zero-order chi connectivity index (χ0) is 17.3. The number of benzene rings is 1. The van der Waals surface area contributed by atoms with Gasteiger partial charge >= 0.3 is 0 Å². The Labute approximate surface area is 143 Å². The van der Waals surface area contributed by atoms with Gasteiger partial charge in [-0.3, -0.25) is 4.79 Å². The highest BCUT2D eigenvalue weighted by molar-refractivity contribution is 5.92. The lowest BCUT2D eigenvalue weighted by Gasteiger charge is -2.22. The molecule has 25 heavy (non-hydrogen) atoms. The number of aliphatic hydroxyl groups is 1. The maximum absolute atomic E-state index is 12.6. The zero-order valence-electron chi connectivity index (χ0n) is 13.4. The van der Waals surface area contributed by atoms with E-state index in [0.717, 1.165) is 5.56 Å². The van der Waals surface area contributed by atoms with Gasteiger partial charge in [0.1, 0.15) is 11.3 Å². The average molecular weight is 339 g/mol. The molecule has 0 radical (unpaired) electrons. The Morgan fingerprint density at radius 1 is 1.32 bits per heavy atom. The minimum atomic E-state index is -1.02. The topological polar surface area (TPSA) is 97.3 Å². The molecule has 1 aliphatic rings. The van der Waals surface area contributed by atoms with Crippen molar-refractivity contribution in [2.45, 2.75) is 18.6 Å². The third kappa shape index (κ3) is 3.16. The van der Waals surface area contributed by atoms with Crippen LogP contribution in [-0.2, 0) is 6.54 Å². The molecular formula is C17H17N5O3. The Morgan fingerprint density at radius 3 is 2.92 bits per heavy atom. The third-order valence-corrected chi connectivity index (χ3v) is 4.34. The summed E-state index contributed by atoms with van der Waals surface area (Å²) in [4.78, 5) is 14.2. The molecule has 0 saturated carbocycles. The predicted octanol–water partition coefficient (Wildman–Crippen LogP) is 1.21. The van der Waals surface area contributed by atoms with Crippen LogP contribution >= 0.6 is 0 Å². The Balaban J connectivity index is 1.46. The van der Waals surface area contributed by atoms with E-state index < -0.39 is 5.60 Å². The molecule has 1 aromatic carbocycles. The number of carbonyl (C=O) groups is 1. The van der Waals surface area contributed by atoms with Crippen LogP contribution in [0.1, 0.15) is 17.0 Å². The van der Waals surface area contributed by atoms with Gasteiger partial charge in [-0.2, -0.15) is 0 Å². The van der Waals surface area contributed by atoms with Gasteiger partial charge in [0, 0.05) is 24.4 Å². The second-order valence-corrected chi connectivity index (χ2v) is 6.24. The molecule has 8 nitrogen and oxygen atoms in total. The van der Waals surface area contributed by atoms with Crippen LogP contribution in [0.3, 0.4) is 0 Å². The van der Waals surface area contributed by atoms with E-state index in [-0.39, 0.29) is 18.2 Å². The SMILES string of the molecule is O=C(c1cc(-c2ccccc2)no1)N1CCC(O)(Cn2ccnn2)C1. The first-order valence-corrected chi connectivity index (χ1v) is 8.01. The number of hydrogen-bond acceptors (Lipinski definition) is 6. The molecule has 1 amide bonds. The Hall–Kier alpha value is -3.00. The normalized spacial score (nSPS) is 20.1. The van der Waals surface area contributed by atoms with Crippen molar-refractivity contribution in [2.24, 2.45) is 0 Å². The summed E-state index contributed by atoms with van der Waals surface area (Å²) in [5.74, 6) is -0.104. The molecule has 128 valence electrons. The number of amides is 1. The van der Waals surface area contributed by atoms with E-state index in [9.17, 15) is 9.90 Å². The number of hydrogen-bond donors (Lipinski definition) is 1. The summed E-state index contributed by atoms with van der Waals surface area (Å²) >= 11 is 0. The van der Waals surface area contributed by atoms with Gasteiger partial charge in [0.25, 0.3) is 5.91 Å². The van der Waals surface area contributed by atoms with Crippen molar-refractivity contribution < 1.29 is 14.4 Å². The van der Waals surface area contributed by atoms with Crippen molar-refractivity contribution in [3.63, 3.8) is 0 Å². The van der Waals surface area contributed by atoms with E-state index in [1.807, 2.05) is 30.3 Å². The van der Waals surface area contributed by atoms with Crippen molar-refractivity contribution in [1.29, 1.82) is 0 Å². The molecule has 3 heterocycles. The third-order valence-electron chi connectivity index (χ3n) is 4.34. The molecule has 0 bridgehead atoms. The second kappa shape index (κ2) is 6.14. The zero-order valence-corrected chi connectivity index (χ0v) is 13.4. The standard InChI is InChI=1S/C17H17N5O3/c23-16(15-10-14(19-25-15)13-4-2-1-3-5-13)21-8-6-17(24,11-21)12-22-9-7-18-20-22/h1-5,7,9-10,24H,6,8,11-12H2. The van der Waals surface area contributed by atoms with Gasteiger partial charge in [0.15, 0.2) is 0 Å². The Kier molecular flexibility index (Phi) is 3.81. The van der Waals surface area contributed by atoms with Crippen LogP contribution in [0.25, 0.3) is 11.3 Å². The number of carbonyl (C=O) groups excluding carboxylic acids is 1. The minimum Gasteiger partial charge on any atom is -0.386 e. The van der Waals surface area contributed by atoms with Crippen LogP contribution in [-0.4, -0.2) is 54.8 Å². The van der Waals surface area contributed by atoms with E-state index in [4.69, 9.17) is 4.52 Å². The lowest BCUT2D eigenvalue weighted by atomic mass is 10.0. The van der Waals surface area contributed by atoms with Gasteiger partial charge in [0.2, 0.25) is 5.76 Å². The fourth-order valence-corrected chi connectivity index (χ4v) is 3.05. The van der Waals surface area contributed by atoms with Crippen molar-refractivity contribution >= 4 is 5.91 Å². The van der Waals surface area contributed by atoms with Gasteiger partial charge < -0.3 is 14.5 Å². The molecule has 3 aromatic rings. The molecule has 1 atom stereocenters. The Bertz CT molecular complexity index is 862. The summed E-state index contributed by atoms with van der Waals surface area (Å²) in [6.45, 7) is 0.959. The van der Waals surface area contributed by atoms with E-state index in [1.54, 1.807) is 28.0 Å². The summed E-state index contributed by atoms with van der Waals surface area (Å²) in [6, 6.07) is 11.1. The summed E-state index contributed by atoms with van der Waals surface area (Å²) in [7, 11) is 0. The summed E-state index contributed by atoms with van der Waals surface area (Å²) in [5.41, 5.74) is 0.474. The van der Waals surface area contributed by atoms with Crippen molar-refractivity contribution in [3.8, 4) is 11.3 Å². The monoisotopic (exact) mass is 339 g/mol. The fraction of sp³-hybridized carbons (Fsp3) is 0.294. The first kappa shape index (κ1) is 15.5. The second-order valence-electron chi connectivity index (χ2n) is 6.24. The molecule has 1 saturated heterocycles. The molecular weight excluding hydrogens is 322 g/mol. The molecule has 1 unspecified atom stereocenters. The van der Waals surface area contributed by atoms with Crippen LogP contribution < -0.4 is 0 Å². The first-order chi connectivity index (χ1) is 12.1. The van der Waals surface area contributed by atoms with E-state index in [2.05, 4.69) is 15.5 Å². The minimum absolute atomic E-state index is 0.170. The quantitative estimate of drug-likeness (QED) is 0.767. The fourth-order valence-electron chi connectivity index (χ4n) is 3.05. The molecule has 8 heteroatoms. The van der Waals surface area contributed by atoms with E-state index >= 15 is 0 Å². The molecule has 1 N–H and O–H groups in total. The number of nitrogens with zero attached hydrogens (tertiary/aromatic N) is 5. The molecule has 1 fully saturated rings. The number of aromatic nitrogens is 4. The van der Waals surface area contributed by atoms with Crippen LogP contribution in [0.5, 0.6) is 0 Å². The largest absolute Gasteiger partial charge is 0.386 e. The van der Waals surface area contributed by atoms with Gasteiger partial charge in [-0.05, 0) is 6.42 Å². The first-order valence-electron chi connectivity index (χ1n) is 8.01. The smallest absolute Gasteiger partial charge is 0.292 e. The number of rotatable bonds is 4. The average Bonchev–Trinajstić information content (AvgIpc) is 3.36. The van der Waals surface area contributed by atoms with Gasteiger partial charge in [-0.1, -0.05) is 40.7 Å². The Morgan fingerprint density at radius 2 is 2.16 bits per heavy atom. The maximum atomic E-state index is 12.6. The maximum Gasteiger partial charge on any atom is 0.292 e. The van der Waals surface area contributed by atoms with Gasteiger partial charge in [0.05, 0.1) is 19.3 Å². The lowest BCUT2D eigenvalue weighted by Crippen LogP contribution is -2.39. The van der Waals surface area contributed by atoms with Crippen molar-refractivity contribution in [2.75, 3.05) is 13.1 Å². The van der Waals surface area contributed by atoms with Crippen LogP contribution in [0, 0.1) is 0 Å².